The summed E-state index contributed by atoms with van der Waals surface area (Å²) in [5.74, 6) is -1.52. The van der Waals surface area contributed by atoms with Gasteiger partial charge in [-0.1, -0.05) is 13.0 Å². The number of nitrogens with one attached hydrogen (secondary N) is 1. The molecule has 0 saturated carbocycles. The molecular weight excluding hydrogens is 246 g/mol. The van der Waals surface area contributed by atoms with E-state index in [9.17, 15) is 9.59 Å². The molecule has 1 amide bonds. The number of hydrogen-bond donors (Lipinski definition) is 2. The van der Waals surface area contributed by atoms with E-state index in [1.165, 1.54) is 0 Å². The Morgan fingerprint density at radius 1 is 1.47 bits per heavy atom. The van der Waals surface area contributed by atoms with E-state index in [4.69, 9.17) is 5.11 Å². The van der Waals surface area contributed by atoms with Crippen LogP contribution in [-0.2, 0) is 4.79 Å². The molecule has 0 unspecified atom stereocenters. The van der Waals surface area contributed by atoms with Gasteiger partial charge in [0.2, 0.25) is 0 Å². The highest BCUT2D eigenvalue weighted by Gasteiger charge is 2.20. The first-order valence-corrected chi connectivity index (χ1v) is 6.01. The number of aliphatic carboxylic acids is 1. The van der Waals surface area contributed by atoms with Gasteiger partial charge in [-0.15, -0.1) is 0 Å². The van der Waals surface area contributed by atoms with Gasteiger partial charge in [0, 0.05) is 11.9 Å². The van der Waals surface area contributed by atoms with Crippen molar-refractivity contribution in [2.45, 2.75) is 26.3 Å². The summed E-state index contributed by atoms with van der Waals surface area (Å²) in [5.41, 5.74) is 1.83. The number of imidazole rings is 1. The number of aromatic nitrogens is 2. The summed E-state index contributed by atoms with van der Waals surface area (Å²) in [5, 5.41) is 11.4. The van der Waals surface area contributed by atoms with Crippen LogP contribution in [-0.4, -0.2) is 32.4 Å². The Morgan fingerprint density at radius 3 is 2.79 bits per heavy atom. The van der Waals surface area contributed by atoms with Crippen molar-refractivity contribution < 1.29 is 14.7 Å². The van der Waals surface area contributed by atoms with Crippen LogP contribution in [0.4, 0.5) is 0 Å². The summed E-state index contributed by atoms with van der Waals surface area (Å²) >= 11 is 0. The van der Waals surface area contributed by atoms with Gasteiger partial charge in [-0.05, 0) is 25.5 Å². The van der Waals surface area contributed by atoms with Crippen LogP contribution < -0.4 is 5.32 Å². The Labute approximate surface area is 110 Å². The maximum absolute atomic E-state index is 11.9. The second-order valence-corrected chi connectivity index (χ2v) is 4.29. The first-order valence-electron chi connectivity index (χ1n) is 6.01. The molecule has 0 bridgehead atoms. The zero-order valence-corrected chi connectivity index (χ0v) is 10.8. The minimum atomic E-state index is -1.05. The molecule has 2 heterocycles. The lowest BCUT2D eigenvalue weighted by atomic mass is 10.2. The van der Waals surface area contributed by atoms with Gasteiger partial charge in [-0.25, -0.2) is 9.78 Å². The number of carboxylic acid groups (broad SMARTS) is 1. The van der Waals surface area contributed by atoms with E-state index in [1.807, 2.05) is 19.1 Å². The fourth-order valence-electron chi connectivity index (χ4n) is 1.83. The van der Waals surface area contributed by atoms with Gasteiger partial charge in [0.15, 0.2) is 0 Å². The van der Waals surface area contributed by atoms with E-state index in [0.717, 1.165) is 5.69 Å². The zero-order chi connectivity index (χ0) is 14.0. The average molecular weight is 261 g/mol. The maximum Gasteiger partial charge on any atom is 0.326 e. The first kappa shape index (κ1) is 13.1. The number of fused-ring (bicyclic) bond motifs is 1. The van der Waals surface area contributed by atoms with Gasteiger partial charge in [0.1, 0.15) is 17.4 Å². The minimum Gasteiger partial charge on any atom is -0.480 e. The summed E-state index contributed by atoms with van der Waals surface area (Å²) in [6.07, 6.45) is 1.93. The molecule has 2 N–H and O–H groups in total. The number of aryl methyl sites for hydroxylation is 1. The van der Waals surface area contributed by atoms with E-state index in [0.29, 0.717) is 12.1 Å². The maximum atomic E-state index is 11.9. The van der Waals surface area contributed by atoms with E-state index < -0.39 is 17.9 Å². The van der Waals surface area contributed by atoms with Crippen molar-refractivity contribution in [1.29, 1.82) is 0 Å². The summed E-state index contributed by atoms with van der Waals surface area (Å²) < 4.78 is 1.79. The predicted molar refractivity (Wildman–Crippen MR) is 69.1 cm³/mol. The van der Waals surface area contributed by atoms with Gasteiger partial charge in [-0.3, -0.25) is 4.79 Å². The molecule has 2 rings (SSSR count). The number of hydrogen-bond acceptors (Lipinski definition) is 3. The Hall–Kier alpha value is -2.37. The lowest BCUT2D eigenvalue weighted by Crippen LogP contribution is -2.40. The van der Waals surface area contributed by atoms with Crippen molar-refractivity contribution in [3.05, 3.63) is 35.8 Å². The molecule has 0 radical (unpaired) electrons. The fraction of sp³-hybridized carbons (Fsp3) is 0.308. The Balaban J connectivity index is 2.27. The lowest BCUT2D eigenvalue weighted by Gasteiger charge is -2.10. The van der Waals surface area contributed by atoms with Crippen LogP contribution in [0, 0.1) is 6.92 Å². The summed E-state index contributed by atoms with van der Waals surface area (Å²) in [6, 6.07) is 4.66. The molecule has 100 valence electrons. The van der Waals surface area contributed by atoms with Crippen molar-refractivity contribution in [1.82, 2.24) is 14.7 Å². The first-order chi connectivity index (χ1) is 9.02. The lowest BCUT2D eigenvalue weighted by molar-refractivity contribution is -0.139. The van der Waals surface area contributed by atoms with Gasteiger partial charge < -0.3 is 14.8 Å². The van der Waals surface area contributed by atoms with Crippen LogP contribution in [0.3, 0.4) is 0 Å². The standard InChI is InChI=1S/C13H15N3O3/c1-3-9(13(18)19)15-12(17)10-7-16-8(2)5-4-6-11(16)14-10/h4-7,9H,3H2,1-2H3,(H,15,17)(H,18,19)/t9-/m1/s1. The van der Waals surface area contributed by atoms with Crippen molar-refractivity contribution >= 4 is 17.5 Å². The molecule has 6 nitrogen and oxygen atoms in total. The molecule has 2 aromatic rings. The van der Waals surface area contributed by atoms with Crippen molar-refractivity contribution in [2.24, 2.45) is 0 Å². The molecule has 0 aromatic carbocycles. The third kappa shape index (κ3) is 2.57. The van der Waals surface area contributed by atoms with Crippen LogP contribution in [0.15, 0.2) is 24.4 Å². The van der Waals surface area contributed by atoms with Crippen LogP contribution in [0.2, 0.25) is 0 Å². The van der Waals surface area contributed by atoms with Crippen LogP contribution in [0.1, 0.15) is 29.5 Å². The fourth-order valence-corrected chi connectivity index (χ4v) is 1.83. The summed E-state index contributed by atoms with van der Waals surface area (Å²) in [7, 11) is 0. The highest BCUT2D eigenvalue weighted by Crippen LogP contribution is 2.08. The van der Waals surface area contributed by atoms with Gasteiger partial charge in [0.05, 0.1) is 0 Å². The predicted octanol–water partition coefficient (Wildman–Crippen LogP) is 1.24. The summed E-state index contributed by atoms with van der Waals surface area (Å²) in [6.45, 7) is 3.61. The Bertz CT molecular complexity index is 633. The second-order valence-electron chi connectivity index (χ2n) is 4.29. The molecular formula is C13H15N3O3. The van der Waals surface area contributed by atoms with E-state index in [2.05, 4.69) is 10.3 Å². The van der Waals surface area contributed by atoms with E-state index >= 15 is 0 Å². The highest BCUT2D eigenvalue weighted by molar-refractivity contribution is 5.95. The normalized spacial score (nSPS) is 12.3. The third-order valence-electron chi connectivity index (χ3n) is 2.94. The third-order valence-corrected chi connectivity index (χ3v) is 2.94. The van der Waals surface area contributed by atoms with Crippen LogP contribution in [0.25, 0.3) is 5.65 Å². The number of pyridine rings is 1. The Morgan fingerprint density at radius 2 is 2.21 bits per heavy atom. The van der Waals surface area contributed by atoms with Gasteiger partial charge in [-0.2, -0.15) is 0 Å². The quantitative estimate of drug-likeness (QED) is 0.867. The molecule has 0 aliphatic carbocycles. The van der Waals surface area contributed by atoms with Crippen molar-refractivity contribution in [3.63, 3.8) is 0 Å². The van der Waals surface area contributed by atoms with Gasteiger partial charge in [0.25, 0.3) is 5.91 Å². The van der Waals surface area contributed by atoms with Crippen LogP contribution in [0.5, 0.6) is 0 Å². The van der Waals surface area contributed by atoms with Gasteiger partial charge >= 0.3 is 5.97 Å². The molecule has 0 aliphatic heterocycles. The SMILES string of the molecule is CC[C@@H](NC(=O)c1cn2c(C)cccc2n1)C(=O)O. The van der Waals surface area contributed by atoms with E-state index in [-0.39, 0.29) is 5.69 Å². The monoisotopic (exact) mass is 261 g/mol. The number of rotatable bonds is 4. The second kappa shape index (κ2) is 5.09. The molecule has 0 aliphatic rings. The van der Waals surface area contributed by atoms with Crippen LogP contribution >= 0.6 is 0 Å². The molecule has 0 saturated heterocycles. The number of nitrogens with zero attached hydrogens (tertiary/aromatic N) is 2. The number of amides is 1. The molecule has 0 fully saturated rings. The van der Waals surface area contributed by atoms with Crippen molar-refractivity contribution in [2.75, 3.05) is 0 Å². The minimum absolute atomic E-state index is 0.217. The highest BCUT2D eigenvalue weighted by atomic mass is 16.4. The number of carbonyl (C=O) groups excluding carboxylic acids is 1. The molecule has 6 heteroatoms. The molecule has 2 aromatic heterocycles. The summed E-state index contributed by atoms with van der Waals surface area (Å²) in [4.78, 5) is 27.0. The Kier molecular flexibility index (Phi) is 3.50. The molecule has 0 spiro atoms. The number of carbonyl (C=O) groups is 2. The zero-order valence-electron chi connectivity index (χ0n) is 10.8. The smallest absolute Gasteiger partial charge is 0.326 e. The average Bonchev–Trinajstić information content (AvgIpc) is 2.80. The number of carboxylic acids is 1. The largest absolute Gasteiger partial charge is 0.480 e. The molecule has 1 atom stereocenters. The topological polar surface area (TPSA) is 83.7 Å². The van der Waals surface area contributed by atoms with E-state index in [1.54, 1.807) is 23.6 Å². The molecule has 19 heavy (non-hydrogen) atoms. The van der Waals surface area contributed by atoms with Crippen molar-refractivity contribution in [3.8, 4) is 0 Å².